The summed E-state index contributed by atoms with van der Waals surface area (Å²) in [5, 5.41) is 12.9. The topological polar surface area (TPSA) is 93.0 Å². The number of amides is 1. The summed E-state index contributed by atoms with van der Waals surface area (Å²) < 4.78 is 40.8. The molecule has 0 aliphatic carbocycles. The standard InChI is InChI=1S/C23H22F3N6O/c1-3-27-18-9-13(2)7-8-15(18)11-28-21-16(23(24,25)26)12-29-22(32-21)30-17-6-4-5-14-10-19(33)31-20(14)17/h4-9,12H,3,10-11H2,1-2H3,(H,31,33)(H2,28,29,30,32)/q-1. The average Bonchev–Trinajstić information content (AvgIpc) is 3.14. The zero-order chi connectivity index (χ0) is 23.6. The maximum absolute atomic E-state index is 13.6. The fraction of sp³-hybridized carbons (Fsp3) is 0.261. The molecule has 4 rings (SSSR count). The highest BCUT2D eigenvalue weighted by atomic mass is 19.4. The van der Waals surface area contributed by atoms with E-state index < -0.39 is 11.7 Å². The number of hydrogen-bond donors (Lipinski definition) is 3. The molecule has 172 valence electrons. The van der Waals surface area contributed by atoms with Crippen LogP contribution in [0.25, 0.3) is 5.32 Å². The summed E-state index contributed by atoms with van der Waals surface area (Å²) in [4.78, 5) is 19.7. The Balaban J connectivity index is 1.62. The highest BCUT2D eigenvalue weighted by Crippen LogP contribution is 2.36. The fourth-order valence-electron chi connectivity index (χ4n) is 3.58. The van der Waals surface area contributed by atoms with E-state index in [9.17, 15) is 18.0 Å². The minimum absolute atomic E-state index is 0.0255. The molecule has 0 unspecified atom stereocenters. The van der Waals surface area contributed by atoms with Crippen molar-refractivity contribution in [2.45, 2.75) is 33.0 Å². The molecule has 0 saturated carbocycles. The summed E-state index contributed by atoms with van der Waals surface area (Å²) in [6.07, 6.45) is -3.65. The number of alkyl halides is 3. The number of aryl methyl sites for hydroxylation is 1. The molecule has 0 radical (unpaired) electrons. The molecule has 0 spiro atoms. The number of hydrogen-bond acceptors (Lipinski definition) is 5. The van der Waals surface area contributed by atoms with Crippen LogP contribution in [0, 0.1) is 6.92 Å². The Hall–Kier alpha value is -3.82. The normalized spacial score (nSPS) is 12.8. The molecule has 0 bridgehead atoms. The van der Waals surface area contributed by atoms with Crippen LogP contribution < -0.4 is 16.0 Å². The monoisotopic (exact) mass is 455 g/mol. The Labute approximate surface area is 188 Å². The number of nitrogens with zero attached hydrogens (tertiary/aromatic N) is 3. The van der Waals surface area contributed by atoms with E-state index in [1.54, 1.807) is 18.2 Å². The summed E-state index contributed by atoms with van der Waals surface area (Å²) in [6, 6.07) is 10.9. The van der Waals surface area contributed by atoms with Crippen molar-refractivity contribution in [3.8, 4) is 0 Å². The highest BCUT2D eigenvalue weighted by molar-refractivity contribution is 6.03. The molecule has 1 aliphatic rings. The minimum Gasteiger partial charge on any atom is -0.684 e. The molecule has 7 nitrogen and oxygen atoms in total. The number of fused-ring (bicyclic) bond motifs is 1. The van der Waals surface area contributed by atoms with Crippen molar-refractivity contribution in [1.82, 2.24) is 9.97 Å². The molecule has 3 aromatic rings. The Morgan fingerprint density at radius 1 is 1.21 bits per heavy atom. The van der Waals surface area contributed by atoms with E-state index in [1.807, 2.05) is 32.0 Å². The molecule has 1 aliphatic heterocycles. The Morgan fingerprint density at radius 2 is 2.03 bits per heavy atom. The quantitative estimate of drug-likeness (QED) is 0.426. The number of anilines is 4. The van der Waals surface area contributed by atoms with Crippen LogP contribution in [0.2, 0.25) is 0 Å². The SMILES string of the molecule is CC[N-]c1cc(C)ccc1CNc1nc(Nc2cccc3c2NC(=O)C3)ncc1C(F)(F)F. The number of nitrogens with one attached hydrogen (secondary N) is 3. The van der Waals surface area contributed by atoms with Gasteiger partial charge in [0, 0.05) is 12.7 Å². The van der Waals surface area contributed by atoms with Crippen LogP contribution in [0.1, 0.15) is 29.2 Å². The number of aromatic nitrogens is 2. The first-order valence-electron chi connectivity index (χ1n) is 10.4. The number of halogens is 3. The molecule has 3 N–H and O–H groups in total. The number of carbonyl (C=O) groups is 1. The predicted molar refractivity (Wildman–Crippen MR) is 121 cm³/mol. The molecule has 10 heteroatoms. The molecule has 0 fully saturated rings. The van der Waals surface area contributed by atoms with Crippen LogP contribution in [0.5, 0.6) is 0 Å². The zero-order valence-corrected chi connectivity index (χ0v) is 18.0. The largest absolute Gasteiger partial charge is 0.684 e. The number of carbonyl (C=O) groups excluding carboxylic acids is 1. The van der Waals surface area contributed by atoms with Gasteiger partial charge in [-0.05, 0) is 24.1 Å². The van der Waals surface area contributed by atoms with Crippen molar-refractivity contribution in [3.05, 3.63) is 70.2 Å². The predicted octanol–water partition coefficient (Wildman–Crippen LogP) is 5.68. The van der Waals surface area contributed by atoms with Crippen LogP contribution in [0.3, 0.4) is 0 Å². The molecule has 0 saturated heterocycles. The minimum atomic E-state index is -4.63. The van der Waals surface area contributed by atoms with Gasteiger partial charge in [-0.25, -0.2) is 4.98 Å². The van der Waals surface area contributed by atoms with Gasteiger partial charge in [0.05, 0.1) is 17.8 Å². The van der Waals surface area contributed by atoms with Crippen molar-refractivity contribution in [2.75, 3.05) is 22.5 Å². The van der Waals surface area contributed by atoms with Crippen LogP contribution in [-0.4, -0.2) is 22.4 Å². The smallest absolute Gasteiger partial charge is 0.421 e. The van der Waals surface area contributed by atoms with Crippen LogP contribution >= 0.6 is 0 Å². The van der Waals surface area contributed by atoms with Gasteiger partial charge in [0.1, 0.15) is 11.4 Å². The van der Waals surface area contributed by atoms with E-state index in [0.29, 0.717) is 17.9 Å². The maximum Gasteiger partial charge on any atom is 0.421 e. The molecule has 0 atom stereocenters. The van der Waals surface area contributed by atoms with Crippen molar-refractivity contribution < 1.29 is 18.0 Å². The van der Waals surface area contributed by atoms with E-state index in [2.05, 4.69) is 31.2 Å². The molecule has 1 amide bonds. The average molecular weight is 455 g/mol. The lowest BCUT2D eigenvalue weighted by Gasteiger charge is -2.24. The van der Waals surface area contributed by atoms with Crippen molar-refractivity contribution in [3.63, 3.8) is 0 Å². The first kappa shape index (κ1) is 22.4. The van der Waals surface area contributed by atoms with Gasteiger partial charge in [-0.15, -0.1) is 12.2 Å². The van der Waals surface area contributed by atoms with Gasteiger partial charge in [-0.3, -0.25) is 4.79 Å². The molecule has 33 heavy (non-hydrogen) atoms. The fourth-order valence-corrected chi connectivity index (χ4v) is 3.58. The maximum atomic E-state index is 13.6. The van der Waals surface area contributed by atoms with E-state index in [4.69, 9.17) is 0 Å². The van der Waals surface area contributed by atoms with Crippen molar-refractivity contribution >= 4 is 34.7 Å². The zero-order valence-electron chi connectivity index (χ0n) is 18.0. The Bertz CT molecular complexity index is 1200. The second-order valence-electron chi connectivity index (χ2n) is 7.60. The number of para-hydroxylation sites is 1. The lowest BCUT2D eigenvalue weighted by Crippen LogP contribution is -2.14. The van der Waals surface area contributed by atoms with Gasteiger partial charge < -0.3 is 21.3 Å². The number of rotatable bonds is 7. The molecular formula is C23H22F3N6O-. The van der Waals surface area contributed by atoms with Gasteiger partial charge in [-0.1, -0.05) is 42.8 Å². The second kappa shape index (κ2) is 8.97. The van der Waals surface area contributed by atoms with Crippen molar-refractivity contribution in [2.24, 2.45) is 0 Å². The highest BCUT2D eigenvalue weighted by Gasteiger charge is 2.35. The summed E-state index contributed by atoms with van der Waals surface area (Å²) in [5.74, 6) is -0.525. The van der Waals surface area contributed by atoms with Gasteiger partial charge in [0.25, 0.3) is 0 Å². The van der Waals surface area contributed by atoms with Gasteiger partial charge >= 0.3 is 6.18 Å². The first-order valence-corrected chi connectivity index (χ1v) is 10.4. The second-order valence-corrected chi connectivity index (χ2v) is 7.60. The Morgan fingerprint density at radius 3 is 2.79 bits per heavy atom. The van der Waals surface area contributed by atoms with Crippen molar-refractivity contribution in [1.29, 1.82) is 0 Å². The lowest BCUT2D eigenvalue weighted by molar-refractivity contribution is -0.137. The van der Waals surface area contributed by atoms with Gasteiger partial charge in [-0.2, -0.15) is 18.2 Å². The summed E-state index contributed by atoms with van der Waals surface area (Å²) in [6.45, 7) is 4.49. The summed E-state index contributed by atoms with van der Waals surface area (Å²) >= 11 is 0. The molecular weight excluding hydrogens is 433 g/mol. The van der Waals surface area contributed by atoms with E-state index in [-0.39, 0.29) is 30.6 Å². The van der Waals surface area contributed by atoms with Gasteiger partial charge in [0.2, 0.25) is 11.9 Å². The summed E-state index contributed by atoms with van der Waals surface area (Å²) in [7, 11) is 0. The first-order chi connectivity index (χ1) is 15.7. The van der Waals surface area contributed by atoms with Crippen LogP contribution in [0.15, 0.2) is 42.6 Å². The summed E-state index contributed by atoms with van der Waals surface area (Å²) in [5.41, 5.74) is 3.40. The third kappa shape index (κ3) is 5.00. The third-order valence-corrected chi connectivity index (χ3v) is 5.12. The van der Waals surface area contributed by atoms with E-state index >= 15 is 0 Å². The molecule has 2 aromatic carbocycles. The van der Waals surface area contributed by atoms with E-state index in [0.717, 1.165) is 28.6 Å². The third-order valence-electron chi connectivity index (χ3n) is 5.12. The molecule has 1 aromatic heterocycles. The van der Waals surface area contributed by atoms with Crippen LogP contribution in [-0.2, 0) is 23.9 Å². The van der Waals surface area contributed by atoms with E-state index in [1.165, 1.54) is 0 Å². The number of benzene rings is 2. The molecule has 2 heterocycles. The lowest BCUT2D eigenvalue weighted by atomic mass is 10.1. The van der Waals surface area contributed by atoms with Crippen LogP contribution in [0.4, 0.5) is 42.0 Å². The van der Waals surface area contributed by atoms with Gasteiger partial charge in [0.15, 0.2) is 0 Å². The Kier molecular flexibility index (Phi) is 6.08.